The summed E-state index contributed by atoms with van der Waals surface area (Å²) in [5.74, 6) is 0.820. The van der Waals surface area contributed by atoms with Crippen LogP contribution in [0.4, 0.5) is 0 Å². The van der Waals surface area contributed by atoms with Crippen LogP contribution in [0, 0.1) is 0 Å². The maximum atomic E-state index is 13.9. The summed E-state index contributed by atoms with van der Waals surface area (Å²) in [7, 11) is 15.8. The van der Waals surface area contributed by atoms with Crippen LogP contribution in [-0.4, -0.2) is 133 Å². The number of unbranched alkanes of at least 4 members (excludes halogenated alkanes) is 1. The Labute approximate surface area is 334 Å². The zero-order valence-corrected chi connectivity index (χ0v) is 34.9. The Morgan fingerprint density at radius 3 is 1.64 bits per heavy atom. The summed E-state index contributed by atoms with van der Waals surface area (Å²) >= 11 is 0. The fourth-order valence-corrected chi connectivity index (χ4v) is 6.51. The van der Waals surface area contributed by atoms with E-state index in [1.54, 1.807) is 14.2 Å². The van der Waals surface area contributed by atoms with E-state index >= 15 is 0 Å². The molecule has 0 fully saturated rings. The molecule has 4 N–H and O–H groups in total. The van der Waals surface area contributed by atoms with E-state index < -0.39 is 24.4 Å². The topological polar surface area (TPSA) is 135 Å². The molecule has 2 atom stereocenters. The van der Waals surface area contributed by atoms with Crippen LogP contribution in [0.15, 0.2) is 78.9 Å². The molecule has 0 radical (unpaired) electrons. The smallest absolute Gasteiger partial charge is 0.242 e. The zero-order valence-electron chi connectivity index (χ0n) is 34.9. The van der Waals surface area contributed by atoms with Gasteiger partial charge in [0.15, 0.2) is 0 Å². The van der Waals surface area contributed by atoms with E-state index in [-0.39, 0.29) is 24.3 Å². The minimum Gasteiger partial charge on any atom is -0.497 e. The van der Waals surface area contributed by atoms with Crippen LogP contribution in [0.25, 0.3) is 0 Å². The average Bonchev–Trinajstić information content (AvgIpc) is 3.17. The largest absolute Gasteiger partial charge is 0.497 e. The third kappa shape index (κ3) is 15.2. The van der Waals surface area contributed by atoms with Gasteiger partial charge in [0.05, 0.1) is 82.3 Å². The molecule has 56 heavy (non-hydrogen) atoms. The van der Waals surface area contributed by atoms with Crippen LogP contribution < -0.4 is 25.4 Å². The van der Waals surface area contributed by atoms with E-state index in [0.717, 1.165) is 45.2 Å². The van der Waals surface area contributed by atoms with Crippen LogP contribution in [0.1, 0.15) is 61.6 Å². The molecule has 0 aliphatic heterocycles. The maximum absolute atomic E-state index is 13.9. The minimum absolute atomic E-state index is 0.0178. The predicted octanol–water partition coefficient (Wildman–Crippen LogP) is 4.23. The van der Waals surface area contributed by atoms with Gasteiger partial charge in [0, 0.05) is 38.8 Å². The lowest BCUT2D eigenvalue weighted by Crippen LogP contribution is -2.50. The van der Waals surface area contributed by atoms with Gasteiger partial charge < -0.3 is 44.2 Å². The molecule has 2 unspecified atom stereocenters. The Morgan fingerprint density at radius 1 is 0.661 bits per heavy atom. The molecule has 3 aromatic rings. The lowest BCUT2D eigenvalue weighted by molar-refractivity contribution is -0.870. The molecule has 0 saturated heterocycles. The first-order valence-electron chi connectivity index (χ1n) is 19.7. The van der Waals surface area contributed by atoms with E-state index in [4.69, 9.17) is 14.2 Å². The summed E-state index contributed by atoms with van der Waals surface area (Å²) in [4.78, 5) is 39.3. The van der Waals surface area contributed by atoms with Crippen molar-refractivity contribution >= 4 is 17.7 Å². The van der Waals surface area contributed by atoms with Gasteiger partial charge in [0.25, 0.3) is 0 Å². The van der Waals surface area contributed by atoms with Crippen LogP contribution in [0.5, 0.6) is 11.5 Å². The highest BCUT2D eigenvalue weighted by Gasteiger charge is 2.40. The highest BCUT2D eigenvalue weighted by Crippen LogP contribution is 2.42. The Balaban J connectivity index is 1.80. The first kappa shape index (κ1) is 45.9. The molecule has 3 rings (SSSR count). The average molecular weight is 778 g/mol. The zero-order chi connectivity index (χ0) is 41.2. The number of aliphatic hydroxyl groups excluding tert-OH is 1. The molecule has 0 aromatic heterocycles. The highest BCUT2D eigenvalue weighted by atomic mass is 16.5. The van der Waals surface area contributed by atoms with Crippen LogP contribution in [-0.2, 0) is 24.7 Å². The van der Waals surface area contributed by atoms with Gasteiger partial charge in [-0.1, -0.05) is 54.6 Å². The number of quaternary nitrogens is 2. The number of hydrogen-bond acceptors (Lipinski definition) is 7. The van der Waals surface area contributed by atoms with Gasteiger partial charge in [-0.05, 0) is 60.2 Å². The molecule has 0 aliphatic rings. The third-order valence-corrected chi connectivity index (χ3v) is 9.58. The summed E-state index contributed by atoms with van der Waals surface area (Å²) < 4.78 is 19.5. The van der Waals surface area contributed by atoms with Gasteiger partial charge in [0.1, 0.15) is 23.1 Å². The quantitative estimate of drug-likeness (QED) is 0.0575. The number of carbonyl (C=O) groups is 3. The van der Waals surface area contributed by atoms with Gasteiger partial charge in [-0.25, -0.2) is 0 Å². The van der Waals surface area contributed by atoms with Gasteiger partial charge in [-0.15, -0.1) is 0 Å². The predicted molar refractivity (Wildman–Crippen MR) is 220 cm³/mol. The number of nitrogens with zero attached hydrogens (tertiary/aromatic N) is 2. The monoisotopic (exact) mass is 778 g/mol. The molecule has 12 heteroatoms. The second-order valence-electron chi connectivity index (χ2n) is 16.4. The van der Waals surface area contributed by atoms with Crippen molar-refractivity contribution < 1.29 is 42.7 Å². The molecule has 3 amide bonds. The maximum Gasteiger partial charge on any atom is 0.242 e. The first-order valence-corrected chi connectivity index (χ1v) is 19.7. The lowest BCUT2D eigenvalue weighted by atomic mass is 9.79. The Hall–Kier alpha value is -4.49. The minimum atomic E-state index is -1.20. The van der Waals surface area contributed by atoms with Crippen molar-refractivity contribution in [1.82, 2.24) is 16.0 Å². The van der Waals surface area contributed by atoms with Crippen LogP contribution >= 0.6 is 0 Å². The van der Waals surface area contributed by atoms with E-state index in [1.165, 1.54) is 0 Å². The summed E-state index contributed by atoms with van der Waals surface area (Å²) in [5, 5.41) is 19.7. The normalized spacial score (nSPS) is 13.0. The van der Waals surface area contributed by atoms with Crippen molar-refractivity contribution in [3.8, 4) is 11.5 Å². The Kier molecular flexibility index (Phi) is 18.3. The third-order valence-electron chi connectivity index (χ3n) is 9.58. The van der Waals surface area contributed by atoms with Crippen molar-refractivity contribution in [2.45, 2.75) is 62.7 Å². The fraction of sp³-hybridized carbons (Fsp3) is 0.523. The number of benzene rings is 3. The number of nitrogens with one attached hydrogen (secondary N) is 3. The van der Waals surface area contributed by atoms with Crippen molar-refractivity contribution in [3.05, 3.63) is 95.6 Å². The molecular formula is C44H67N5O7+2. The van der Waals surface area contributed by atoms with Crippen molar-refractivity contribution in [1.29, 1.82) is 0 Å². The molecule has 0 aliphatic carbocycles. The fourth-order valence-electron chi connectivity index (χ4n) is 6.51. The van der Waals surface area contributed by atoms with Gasteiger partial charge in [-0.2, -0.15) is 0 Å². The lowest BCUT2D eigenvalue weighted by Gasteiger charge is -2.39. The second-order valence-corrected chi connectivity index (χ2v) is 16.4. The number of rotatable bonds is 25. The number of aliphatic hydroxyl groups is 1. The Bertz CT molecular complexity index is 1570. The first-order chi connectivity index (χ1) is 26.6. The second kappa shape index (κ2) is 22.3. The molecular weight excluding hydrogens is 711 g/mol. The van der Waals surface area contributed by atoms with Crippen molar-refractivity contribution in [2.75, 3.05) is 89.3 Å². The molecule has 0 spiro atoms. The van der Waals surface area contributed by atoms with E-state index in [1.807, 2.05) is 78.9 Å². The summed E-state index contributed by atoms with van der Waals surface area (Å²) in [6.45, 7) is 1.82. The molecule has 0 heterocycles. The summed E-state index contributed by atoms with van der Waals surface area (Å²) in [6, 6.07) is 24.1. The van der Waals surface area contributed by atoms with E-state index in [0.29, 0.717) is 56.6 Å². The van der Waals surface area contributed by atoms with E-state index in [9.17, 15) is 19.5 Å². The number of carbonyl (C=O) groups excluding carboxylic acids is 3. The summed E-state index contributed by atoms with van der Waals surface area (Å²) in [6.07, 6.45) is 3.08. The van der Waals surface area contributed by atoms with Gasteiger partial charge in [0.2, 0.25) is 17.7 Å². The number of amides is 3. The number of methoxy groups -OCH3 is 2. The van der Waals surface area contributed by atoms with Crippen LogP contribution in [0.2, 0.25) is 0 Å². The number of hydrogen-bond donors (Lipinski definition) is 4. The SMILES string of the molecule is COc1ccc(C(OC(CO)CNC(=O)C(CCCCNC(=O)CCC[N+](C)(C)C)NC(=O)CCC[N+](C)(C)C)(c2ccccc2)c2ccc(OC)cc2)cc1. The van der Waals surface area contributed by atoms with Crippen molar-refractivity contribution in [2.24, 2.45) is 0 Å². The van der Waals surface area contributed by atoms with Gasteiger partial charge in [-0.3, -0.25) is 14.4 Å². The van der Waals surface area contributed by atoms with Gasteiger partial charge >= 0.3 is 0 Å². The summed E-state index contributed by atoms with van der Waals surface area (Å²) in [5.41, 5.74) is 1.20. The molecule has 3 aromatic carbocycles. The van der Waals surface area contributed by atoms with Crippen molar-refractivity contribution in [3.63, 3.8) is 0 Å². The standard InChI is InChI=1S/C44H65N5O7/c1-48(2,3)30-14-19-41(51)45-29-13-12-18-40(47-42(52)20-15-31-49(4,5)6)43(53)46-32-39(33-50)56-44(34-16-10-9-11-17-34,35-21-25-37(54-7)26-22-35)36-23-27-38(55-8)28-24-36/h9-11,16-17,21-28,39-40,50H,12-15,18-20,29-33H2,1-8H3,(H-2,45,46,47,51,52,53)/p+2. The van der Waals surface area contributed by atoms with E-state index in [2.05, 4.69) is 58.2 Å². The number of ether oxygens (including phenoxy) is 3. The molecule has 0 saturated carbocycles. The highest BCUT2D eigenvalue weighted by molar-refractivity contribution is 5.87. The Morgan fingerprint density at radius 2 is 1.16 bits per heavy atom. The molecule has 0 bridgehead atoms. The van der Waals surface area contributed by atoms with Crippen LogP contribution in [0.3, 0.4) is 0 Å². The molecule has 308 valence electrons. The molecule has 12 nitrogen and oxygen atoms in total.